The quantitative estimate of drug-likeness (QED) is 0.305. The molecule has 0 N–H and O–H groups in total. The number of carbonyl (C=O) groups excluding carboxylic acids is 2. The van der Waals surface area contributed by atoms with Gasteiger partial charge in [0.15, 0.2) is 11.0 Å². The fourth-order valence-electron chi connectivity index (χ4n) is 3.21. The number of thioether (sulfide) groups is 1. The number of amidine groups is 1. The first-order valence-electron chi connectivity index (χ1n) is 9.82. The van der Waals surface area contributed by atoms with Crippen LogP contribution in [0.3, 0.4) is 0 Å². The van der Waals surface area contributed by atoms with Crippen molar-refractivity contribution in [1.82, 2.24) is 0 Å². The highest BCUT2D eigenvalue weighted by molar-refractivity contribution is 8.14. The lowest BCUT2D eigenvalue weighted by molar-refractivity contribution is -0.113. The number of amides is 1. The third-order valence-electron chi connectivity index (χ3n) is 4.79. The molecule has 2 heterocycles. The number of nitrogens with zero attached hydrogens (tertiary/aromatic N) is 2. The Morgan fingerprint density at radius 1 is 1.12 bits per heavy atom. The van der Waals surface area contributed by atoms with Gasteiger partial charge in [0, 0.05) is 4.88 Å². The van der Waals surface area contributed by atoms with E-state index in [1.54, 1.807) is 48.5 Å². The molecule has 3 aromatic rings. The number of ketones is 1. The van der Waals surface area contributed by atoms with E-state index in [4.69, 9.17) is 21.1 Å². The molecule has 0 aliphatic carbocycles. The van der Waals surface area contributed by atoms with Crippen LogP contribution in [-0.2, 0) is 4.79 Å². The molecular weight excluding hydrogens is 480 g/mol. The molecule has 1 amide bonds. The van der Waals surface area contributed by atoms with Gasteiger partial charge in [-0.3, -0.25) is 14.5 Å². The molecule has 1 aromatic heterocycles. The number of para-hydroxylation sites is 1. The summed E-state index contributed by atoms with van der Waals surface area (Å²) in [5.41, 5.74) is 1.30. The number of anilines is 1. The lowest BCUT2D eigenvalue weighted by atomic mass is 10.1. The molecule has 168 valence electrons. The van der Waals surface area contributed by atoms with Gasteiger partial charge in [-0.25, -0.2) is 4.99 Å². The van der Waals surface area contributed by atoms with Gasteiger partial charge in [0.25, 0.3) is 5.91 Å². The van der Waals surface area contributed by atoms with Crippen LogP contribution in [0.5, 0.6) is 11.5 Å². The van der Waals surface area contributed by atoms with Crippen molar-refractivity contribution in [2.24, 2.45) is 4.99 Å². The summed E-state index contributed by atoms with van der Waals surface area (Å²) < 4.78 is 10.5. The van der Waals surface area contributed by atoms with Crippen LogP contribution in [0.1, 0.15) is 15.2 Å². The second kappa shape index (κ2) is 10.2. The summed E-state index contributed by atoms with van der Waals surface area (Å²) in [6.45, 7) is 0. The predicted octanol–water partition coefficient (Wildman–Crippen LogP) is 5.78. The van der Waals surface area contributed by atoms with E-state index in [-0.39, 0.29) is 23.1 Å². The molecule has 0 bridgehead atoms. The van der Waals surface area contributed by atoms with E-state index >= 15 is 0 Å². The maximum Gasteiger partial charge on any atom is 0.283 e. The molecule has 0 saturated carbocycles. The standard InChI is InChI=1S/C24H19ClN2O4S2/c1-30-21-8-4-3-7-17(21)20(28)14-33-24-26-19(13-16-6-5-11-32-16)23(29)27(24)15-9-10-22(31-2)18(25)12-15/h3-13H,14H2,1-2H3/b19-13+. The van der Waals surface area contributed by atoms with Gasteiger partial charge < -0.3 is 9.47 Å². The van der Waals surface area contributed by atoms with Crippen molar-refractivity contribution >= 4 is 63.3 Å². The van der Waals surface area contributed by atoms with Crippen molar-refractivity contribution in [3.63, 3.8) is 0 Å². The molecule has 4 rings (SSSR count). The molecular formula is C24H19ClN2O4S2. The van der Waals surface area contributed by atoms with Crippen molar-refractivity contribution in [3.8, 4) is 11.5 Å². The van der Waals surface area contributed by atoms with Gasteiger partial charge in [-0.1, -0.05) is 41.6 Å². The second-order valence-corrected chi connectivity index (χ2v) is 9.14. The molecule has 0 spiro atoms. The first-order valence-corrected chi connectivity index (χ1v) is 12.1. The van der Waals surface area contributed by atoms with Gasteiger partial charge >= 0.3 is 0 Å². The SMILES string of the molecule is COc1ccc(N2C(=O)/C(=C\c3cccs3)N=C2SCC(=O)c2ccccc2OC)cc1Cl. The van der Waals surface area contributed by atoms with Crippen LogP contribution in [0.15, 0.2) is 70.7 Å². The smallest absolute Gasteiger partial charge is 0.283 e. The minimum absolute atomic E-state index is 0.0825. The monoisotopic (exact) mass is 498 g/mol. The van der Waals surface area contributed by atoms with Gasteiger partial charge in [0.1, 0.15) is 17.2 Å². The molecule has 0 fully saturated rings. The topological polar surface area (TPSA) is 68.2 Å². The molecule has 2 aromatic carbocycles. The summed E-state index contributed by atoms with van der Waals surface area (Å²) >= 11 is 9.00. The van der Waals surface area contributed by atoms with Crippen LogP contribution in [-0.4, -0.2) is 36.8 Å². The maximum absolute atomic E-state index is 13.3. The van der Waals surface area contributed by atoms with E-state index in [0.717, 1.165) is 4.88 Å². The van der Waals surface area contributed by atoms with E-state index < -0.39 is 0 Å². The summed E-state index contributed by atoms with van der Waals surface area (Å²) in [6, 6.07) is 15.9. The van der Waals surface area contributed by atoms with Crippen molar-refractivity contribution in [2.75, 3.05) is 24.9 Å². The minimum Gasteiger partial charge on any atom is -0.496 e. The van der Waals surface area contributed by atoms with Crippen molar-refractivity contribution < 1.29 is 19.1 Å². The number of methoxy groups -OCH3 is 2. The molecule has 0 atom stereocenters. The van der Waals surface area contributed by atoms with Crippen molar-refractivity contribution in [3.05, 3.63) is 81.1 Å². The van der Waals surface area contributed by atoms with Gasteiger partial charge in [0.2, 0.25) is 0 Å². The van der Waals surface area contributed by atoms with Gasteiger partial charge in [-0.05, 0) is 47.9 Å². The van der Waals surface area contributed by atoms with Crippen LogP contribution in [0.2, 0.25) is 5.02 Å². The van der Waals surface area contributed by atoms with Gasteiger partial charge in [-0.15, -0.1) is 11.3 Å². The second-order valence-electron chi connectivity index (χ2n) is 6.81. The molecule has 0 unspecified atom stereocenters. The zero-order valence-electron chi connectivity index (χ0n) is 17.8. The molecule has 1 aliphatic rings. The van der Waals surface area contributed by atoms with E-state index in [2.05, 4.69) is 4.99 Å². The lowest BCUT2D eigenvalue weighted by Crippen LogP contribution is -2.30. The first kappa shape index (κ1) is 23.1. The number of thiophene rings is 1. The number of halogens is 1. The third kappa shape index (κ3) is 4.98. The molecule has 0 radical (unpaired) electrons. The Hall–Kier alpha value is -3.07. The highest BCUT2D eigenvalue weighted by Crippen LogP contribution is 2.35. The molecule has 9 heteroatoms. The van der Waals surface area contributed by atoms with Crippen LogP contribution >= 0.6 is 34.7 Å². The molecule has 6 nitrogen and oxygen atoms in total. The average molecular weight is 499 g/mol. The summed E-state index contributed by atoms with van der Waals surface area (Å²) in [7, 11) is 3.05. The fraction of sp³-hybridized carbons (Fsp3) is 0.125. The zero-order valence-corrected chi connectivity index (χ0v) is 20.2. The van der Waals surface area contributed by atoms with E-state index in [9.17, 15) is 9.59 Å². The number of hydrogen-bond donors (Lipinski definition) is 0. The summed E-state index contributed by atoms with van der Waals surface area (Å²) in [5, 5.41) is 2.69. The van der Waals surface area contributed by atoms with Gasteiger partial charge in [0.05, 0.1) is 36.2 Å². The van der Waals surface area contributed by atoms with Crippen LogP contribution < -0.4 is 14.4 Å². The number of Topliss-reactive ketones (excluding diaryl/α,β-unsaturated/α-hetero) is 1. The highest BCUT2D eigenvalue weighted by atomic mass is 35.5. The number of ether oxygens (including phenoxy) is 2. The Bertz CT molecular complexity index is 1260. The molecule has 1 aliphatic heterocycles. The van der Waals surface area contributed by atoms with E-state index in [1.807, 2.05) is 17.5 Å². The Kier molecular flexibility index (Phi) is 7.17. The molecule has 33 heavy (non-hydrogen) atoms. The van der Waals surface area contributed by atoms with E-state index in [0.29, 0.717) is 32.9 Å². The largest absolute Gasteiger partial charge is 0.496 e. The minimum atomic E-state index is -0.295. The summed E-state index contributed by atoms with van der Waals surface area (Å²) in [6.07, 6.45) is 1.74. The third-order valence-corrected chi connectivity index (χ3v) is 6.84. The normalized spacial score (nSPS) is 14.5. The number of rotatable bonds is 7. The Morgan fingerprint density at radius 2 is 1.91 bits per heavy atom. The Balaban J connectivity index is 1.64. The fourth-order valence-corrected chi connectivity index (χ4v) is 5.01. The number of carbonyl (C=O) groups is 2. The van der Waals surface area contributed by atoms with Crippen molar-refractivity contribution in [2.45, 2.75) is 0 Å². The van der Waals surface area contributed by atoms with Crippen LogP contribution in [0.4, 0.5) is 5.69 Å². The van der Waals surface area contributed by atoms with Crippen LogP contribution in [0, 0.1) is 0 Å². The first-order chi connectivity index (χ1) is 16.0. The molecule has 0 saturated heterocycles. The lowest BCUT2D eigenvalue weighted by Gasteiger charge is -2.18. The summed E-state index contributed by atoms with van der Waals surface area (Å²) in [4.78, 5) is 33.1. The zero-order chi connectivity index (χ0) is 23.4. The predicted molar refractivity (Wildman–Crippen MR) is 135 cm³/mol. The van der Waals surface area contributed by atoms with E-state index in [1.165, 1.54) is 42.2 Å². The Labute approximate surface area is 204 Å². The summed E-state index contributed by atoms with van der Waals surface area (Å²) in [5.74, 6) is 0.662. The van der Waals surface area contributed by atoms with Crippen LogP contribution in [0.25, 0.3) is 6.08 Å². The maximum atomic E-state index is 13.3. The van der Waals surface area contributed by atoms with Crippen molar-refractivity contribution in [1.29, 1.82) is 0 Å². The average Bonchev–Trinajstić information content (AvgIpc) is 3.45. The Morgan fingerprint density at radius 3 is 2.61 bits per heavy atom. The number of hydrogen-bond acceptors (Lipinski definition) is 7. The van der Waals surface area contributed by atoms with Gasteiger partial charge in [-0.2, -0.15) is 0 Å². The number of aliphatic imine (C=N–C) groups is 1. The highest BCUT2D eigenvalue weighted by Gasteiger charge is 2.33. The number of benzene rings is 2.